The summed E-state index contributed by atoms with van der Waals surface area (Å²) < 4.78 is 0. The SMILES string of the molecule is O=C(O)C(CCO)CN1CCCCCC1. The molecule has 0 spiro atoms. The van der Waals surface area contributed by atoms with E-state index in [4.69, 9.17) is 10.2 Å². The number of aliphatic hydroxyl groups excluding tert-OH is 1. The van der Waals surface area contributed by atoms with Gasteiger partial charge < -0.3 is 15.1 Å². The van der Waals surface area contributed by atoms with Crippen molar-refractivity contribution < 1.29 is 15.0 Å². The molecular formula is C11H21NO3. The van der Waals surface area contributed by atoms with Gasteiger partial charge in [0.25, 0.3) is 0 Å². The summed E-state index contributed by atoms with van der Waals surface area (Å²) in [7, 11) is 0. The zero-order valence-corrected chi connectivity index (χ0v) is 9.19. The van der Waals surface area contributed by atoms with Crippen LogP contribution in [0.25, 0.3) is 0 Å². The summed E-state index contributed by atoms with van der Waals surface area (Å²) in [5, 5.41) is 17.8. The quantitative estimate of drug-likeness (QED) is 0.716. The molecule has 0 radical (unpaired) electrons. The molecule has 2 N–H and O–H groups in total. The highest BCUT2D eigenvalue weighted by Gasteiger charge is 2.20. The number of hydrogen-bond acceptors (Lipinski definition) is 3. The van der Waals surface area contributed by atoms with Crippen molar-refractivity contribution in [3.8, 4) is 0 Å². The van der Waals surface area contributed by atoms with Crippen LogP contribution in [0, 0.1) is 5.92 Å². The first kappa shape index (κ1) is 12.5. The molecule has 0 aromatic rings. The van der Waals surface area contributed by atoms with E-state index in [-0.39, 0.29) is 6.61 Å². The van der Waals surface area contributed by atoms with Gasteiger partial charge >= 0.3 is 5.97 Å². The van der Waals surface area contributed by atoms with Gasteiger partial charge in [0.2, 0.25) is 0 Å². The summed E-state index contributed by atoms with van der Waals surface area (Å²) in [6.45, 7) is 2.57. The minimum Gasteiger partial charge on any atom is -0.481 e. The van der Waals surface area contributed by atoms with E-state index in [0.29, 0.717) is 13.0 Å². The Labute approximate surface area is 90.9 Å². The van der Waals surface area contributed by atoms with Crippen LogP contribution in [0.3, 0.4) is 0 Å². The summed E-state index contributed by atoms with van der Waals surface area (Å²) in [5.74, 6) is -1.19. The average molecular weight is 215 g/mol. The lowest BCUT2D eigenvalue weighted by Crippen LogP contribution is -2.34. The van der Waals surface area contributed by atoms with Crippen LogP contribution in [0.2, 0.25) is 0 Å². The van der Waals surface area contributed by atoms with Gasteiger partial charge in [0.1, 0.15) is 0 Å². The number of likely N-dealkylation sites (tertiary alicyclic amines) is 1. The van der Waals surface area contributed by atoms with E-state index in [0.717, 1.165) is 13.1 Å². The molecule has 15 heavy (non-hydrogen) atoms. The number of carbonyl (C=O) groups is 1. The van der Waals surface area contributed by atoms with E-state index < -0.39 is 11.9 Å². The first-order valence-electron chi connectivity index (χ1n) is 5.80. The minimum atomic E-state index is -0.784. The predicted octanol–water partition coefficient (Wildman–Crippen LogP) is 0.946. The highest BCUT2D eigenvalue weighted by atomic mass is 16.4. The fourth-order valence-corrected chi connectivity index (χ4v) is 2.08. The molecule has 4 nitrogen and oxygen atoms in total. The maximum absolute atomic E-state index is 10.9. The third-order valence-electron chi connectivity index (χ3n) is 3.00. The molecule has 0 aromatic carbocycles. The second-order valence-electron chi connectivity index (χ2n) is 4.26. The van der Waals surface area contributed by atoms with Gasteiger partial charge in [0.15, 0.2) is 0 Å². The van der Waals surface area contributed by atoms with Crippen molar-refractivity contribution in [2.75, 3.05) is 26.2 Å². The van der Waals surface area contributed by atoms with Crippen LogP contribution in [0.1, 0.15) is 32.1 Å². The molecule has 88 valence electrons. The summed E-state index contributed by atoms with van der Waals surface area (Å²) in [4.78, 5) is 13.1. The van der Waals surface area contributed by atoms with Crippen molar-refractivity contribution >= 4 is 5.97 Å². The van der Waals surface area contributed by atoms with Gasteiger partial charge in [0, 0.05) is 13.2 Å². The summed E-state index contributed by atoms with van der Waals surface area (Å²) >= 11 is 0. The molecule has 0 saturated carbocycles. The van der Waals surface area contributed by atoms with E-state index in [1.165, 1.54) is 25.7 Å². The van der Waals surface area contributed by atoms with E-state index >= 15 is 0 Å². The molecular weight excluding hydrogens is 194 g/mol. The second-order valence-corrected chi connectivity index (χ2v) is 4.26. The lowest BCUT2D eigenvalue weighted by molar-refractivity contribution is -0.143. The smallest absolute Gasteiger partial charge is 0.307 e. The first-order chi connectivity index (χ1) is 7.24. The first-order valence-corrected chi connectivity index (χ1v) is 5.80. The average Bonchev–Trinajstić information content (AvgIpc) is 2.45. The van der Waals surface area contributed by atoms with E-state index in [1.54, 1.807) is 0 Å². The molecule has 1 aliphatic rings. The number of nitrogens with zero attached hydrogens (tertiary/aromatic N) is 1. The monoisotopic (exact) mass is 215 g/mol. The number of carboxylic acid groups (broad SMARTS) is 1. The van der Waals surface area contributed by atoms with Crippen molar-refractivity contribution in [1.82, 2.24) is 4.90 Å². The van der Waals surface area contributed by atoms with Crippen molar-refractivity contribution in [3.63, 3.8) is 0 Å². The van der Waals surface area contributed by atoms with Gasteiger partial charge in [-0.25, -0.2) is 0 Å². The highest BCUT2D eigenvalue weighted by molar-refractivity contribution is 5.70. The maximum Gasteiger partial charge on any atom is 0.307 e. The molecule has 1 fully saturated rings. The molecule has 1 heterocycles. The Balaban J connectivity index is 2.37. The summed E-state index contributed by atoms with van der Waals surface area (Å²) in [5.41, 5.74) is 0. The Hall–Kier alpha value is -0.610. The van der Waals surface area contributed by atoms with Crippen LogP contribution in [0.5, 0.6) is 0 Å². The zero-order chi connectivity index (χ0) is 11.1. The van der Waals surface area contributed by atoms with E-state index in [9.17, 15) is 4.79 Å². The molecule has 1 unspecified atom stereocenters. The van der Waals surface area contributed by atoms with Crippen LogP contribution in [0.4, 0.5) is 0 Å². The highest BCUT2D eigenvalue weighted by Crippen LogP contribution is 2.13. The Kier molecular flexibility index (Phi) is 5.65. The Bertz CT molecular complexity index is 188. The van der Waals surface area contributed by atoms with E-state index in [1.807, 2.05) is 0 Å². The lowest BCUT2D eigenvalue weighted by atomic mass is 10.1. The molecule has 4 heteroatoms. The van der Waals surface area contributed by atoms with Gasteiger partial charge in [-0.05, 0) is 32.4 Å². The Morgan fingerprint density at radius 3 is 2.27 bits per heavy atom. The zero-order valence-electron chi connectivity index (χ0n) is 9.19. The predicted molar refractivity (Wildman–Crippen MR) is 57.7 cm³/mol. The fourth-order valence-electron chi connectivity index (χ4n) is 2.08. The fraction of sp³-hybridized carbons (Fsp3) is 0.909. The van der Waals surface area contributed by atoms with Crippen molar-refractivity contribution in [2.45, 2.75) is 32.1 Å². The number of aliphatic hydroxyl groups is 1. The third-order valence-corrected chi connectivity index (χ3v) is 3.00. The topological polar surface area (TPSA) is 60.8 Å². The molecule has 1 atom stereocenters. The molecule has 0 amide bonds. The summed E-state index contributed by atoms with van der Waals surface area (Å²) in [6.07, 6.45) is 5.23. The van der Waals surface area contributed by atoms with Gasteiger partial charge in [-0.15, -0.1) is 0 Å². The van der Waals surface area contributed by atoms with Crippen LogP contribution >= 0.6 is 0 Å². The van der Waals surface area contributed by atoms with Gasteiger partial charge in [-0.2, -0.15) is 0 Å². The Morgan fingerprint density at radius 2 is 1.80 bits per heavy atom. The van der Waals surface area contributed by atoms with Gasteiger partial charge in [-0.1, -0.05) is 12.8 Å². The normalized spacial score (nSPS) is 20.9. The molecule has 1 aliphatic heterocycles. The van der Waals surface area contributed by atoms with Crippen molar-refractivity contribution in [3.05, 3.63) is 0 Å². The molecule has 0 aliphatic carbocycles. The maximum atomic E-state index is 10.9. The molecule has 1 rings (SSSR count). The minimum absolute atomic E-state index is 0.0369. The largest absolute Gasteiger partial charge is 0.481 e. The number of rotatable bonds is 5. The molecule has 0 bridgehead atoms. The molecule has 0 aromatic heterocycles. The Morgan fingerprint density at radius 1 is 1.20 bits per heavy atom. The van der Waals surface area contributed by atoms with Gasteiger partial charge in [-0.3, -0.25) is 4.79 Å². The van der Waals surface area contributed by atoms with Crippen LogP contribution in [-0.4, -0.2) is 47.3 Å². The number of aliphatic carboxylic acids is 1. The van der Waals surface area contributed by atoms with Crippen molar-refractivity contribution in [2.24, 2.45) is 5.92 Å². The third kappa shape index (κ3) is 4.62. The van der Waals surface area contributed by atoms with Gasteiger partial charge in [0.05, 0.1) is 5.92 Å². The van der Waals surface area contributed by atoms with Crippen molar-refractivity contribution in [1.29, 1.82) is 0 Å². The van der Waals surface area contributed by atoms with Crippen LogP contribution in [0.15, 0.2) is 0 Å². The van der Waals surface area contributed by atoms with Crippen LogP contribution < -0.4 is 0 Å². The summed E-state index contributed by atoms with van der Waals surface area (Å²) in [6, 6.07) is 0. The second kappa shape index (κ2) is 6.80. The molecule has 1 saturated heterocycles. The number of hydrogen-bond donors (Lipinski definition) is 2. The lowest BCUT2D eigenvalue weighted by Gasteiger charge is -2.23. The van der Waals surface area contributed by atoms with E-state index in [2.05, 4.69) is 4.90 Å². The van der Waals surface area contributed by atoms with Crippen LogP contribution in [-0.2, 0) is 4.79 Å². The number of carboxylic acids is 1. The standard InChI is InChI=1S/C11H21NO3/c13-8-5-10(11(14)15)9-12-6-3-1-2-4-7-12/h10,13H,1-9H2,(H,14,15).